The van der Waals surface area contributed by atoms with Crippen molar-refractivity contribution in [3.8, 4) is 0 Å². The third kappa shape index (κ3) is 4.25. The molecule has 4 aliphatic rings. The summed E-state index contributed by atoms with van der Waals surface area (Å²) in [5.41, 5.74) is 0.285. The van der Waals surface area contributed by atoms with E-state index in [1.54, 1.807) is 0 Å². The fraction of sp³-hybridized carbons (Fsp3) is 1.00. The van der Waals surface area contributed by atoms with Crippen molar-refractivity contribution >= 4 is 0 Å². The average molecular weight is 330 g/mol. The van der Waals surface area contributed by atoms with E-state index in [4.69, 9.17) is 5.11 Å². The summed E-state index contributed by atoms with van der Waals surface area (Å²) in [6.07, 6.45) is 9.20. The molecule has 2 N–H and O–H groups in total. The van der Waals surface area contributed by atoms with Crippen molar-refractivity contribution in [2.24, 2.45) is 5.41 Å². The minimum atomic E-state index is -0.518. The van der Waals surface area contributed by atoms with Gasteiger partial charge in [0.2, 0.25) is 0 Å². The molecule has 4 atom stereocenters. The van der Waals surface area contributed by atoms with Crippen LogP contribution in [0.15, 0.2) is 0 Å². The van der Waals surface area contributed by atoms with Crippen molar-refractivity contribution in [2.45, 2.75) is 69.6 Å². The van der Waals surface area contributed by atoms with E-state index in [9.17, 15) is 9.50 Å². The maximum absolute atomic E-state index is 12.6. The van der Waals surface area contributed by atoms with Crippen molar-refractivity contribution in [3.05, 3.63) is 0 Å². The van der Waals surface area contributed by atoms with Crippen LogP contribution in [0.25, 0.3) is 0 Å². The molecule has 4 unspecified atom stereocenters. The van der Waals surface area contributed by atoms with Gasteiger partial charge in [0, 0.05) is 31.2 Å². The minimum Gasteiger partial charge on any atom is -0.400 e. The molecule has 0 aromatic rings. The summed E-state index contributed by atoms with van der Waals surface area (Å²) in [6.45, 7) is 3.49. The molecule has 0 radical (unpaired) electrons. The van der Waals surface area contributed by atoms with Crippen LogP contribution in [0.1, 0.15) is 51.4 Å². The predicted octanol–water partition coefficient (Wildman–Crippen LogP) is 2.04. The lowest BCUT2D eigenvalue weighted by Crippen LogP contribution is -2.49. The Morgan fingerprint density at radius 1 is 1.09 bits per heavy atom. The number of alkyl halides is 1. The number of aliphatic hydroxyl groups excluding tert-OH is 2. The molecule has 0 aromatic carbocycles. The highest BCUT2D eigenvalue weighted by atomic mass is 19.1. The van der Waals surface area contributed by atoms with E-state index in [1.165, 1.54) is 51.5 Å². The van der Waals surface area contributed by atoms with Gasteiger partial charge in [0.25, 0.3) is 0 Å². The van der Waals surface area contributed by atoms with Crippen LogP contribution < -0.4 is 0 Å². The van der Waals surface area contributed by atoms with Crippen molar-refractivity contribution < 1.29 is 14.6 Å². The highest BCUT2D eigenvalue weighted by molar-refractivity contribution is 4.99. The molecule has 3 saturated heterocycles. The van der Waals surface area contributed by atoms with Crippen molar-refractivity contribution in [3.63, 3.8) is 0 Å². The van der Waals surface area contributed by atoms with Gasteiger partial charge in [0.1, 0.15) is 6.17 Å². The molecule has 3 heterocycles. The number of rotatable bonds is 1. The van der Waals surface area contributed by atoms with Gasteiger partial charge >= 0.3 is 0 Å². The van der Waals surface area contributed by atoms with Crippen molar-refractivity contribution in [1.29, 1.82) is 0 Å². The molecule has 4 rings (SSSR count). The monoisotopic (exact) mass is 330 g/mol. The van der Waals surface area contributed by atoms with Crippen molar-refractivity contribution in [2.75, 3.05) is 40.4 Å². The van der Waals surface area contributed by atoms with Gasteiger partial charge < -0.3 is 15.1 Å². The van der Waals surface area contributed by atoms with Crippen molar-refractivity contribution in [1.82, 2.24) is 9.80 Å². The van der Waals surface area contributed by atoms with Gasteiger partial charge in [0.15, 0.2) is 0 Å². The highest BCUT2D eigenvalue weighted by Crippen LogP contribution is 2.46. The number of nitrogens with zero attached hydrogens (tertiary/aromatic N) is 2. The number of likely N-dealkylation sites (tertiary alicyclic amines) is 1. The zero-order valence-corrected chi connectivity index (χ0v) is 14.9. The lowest BCUT2D eigenvalue weighted by molar-refractivity contribution is 0.00742. The molecule has 1 aliphatic carbocycles. The van der Waals surface area contributed by atoms with Gasteiger partial charge in [-0.25, -0.2) is 4.39 Å². The zero-order chi connectivity index (χ0) is 16.9. The minimum absolute atomic E-state index is 0.285. The van der Waals surface area contributed by atoms with Gasteiger partial charge in [0.05, 0.1) is 6.61 Å². The number of hydrogen-bond donors (Lipinski definition) is 2. The summed E-state index contributed by atoms with van der Waals surface area (Å²) in [5, 5.41) is 16.4. The Bertz CT molecular complexity index is 346. The third-order valence-corrected chi connectivity index (χ3v) is 6.35. The van der Waals surface area contributed by atoms with Crippen LogP contribution in [0.3, 0.4) is 0 Å². The Kier molecular flexibility index (Phi) is 7.26. The summed E-state index contributed by atoms with van der Waals surface area (Å²) < 4.78 is 12.6. The van der Waals surface area contributed by atoms with Gasteiger partial charge in [-0.1, -0.05) is 6.42 Å². The molecule has 0 spiro atoms. The van der Waals surface area contributed by atoms with Crippen LogP contribution in [0, 0.1) is 5.41 Å². The van der Waals surface area contributed by atoms with E-state index < -0.39 is 6.17 Å². The molecule has 0 bridgehead atoms. The van der Waals surface area contributed by atoms with Gasteiger partial charge in [-0.3, -0.25) is 4.90 Å². The molecule has 4 fully saturated rings. The summed E-state index contributed by atoms with van der Waals surface area (Å²) >= 11 is 0. The van der Waals surface area contributed by atoms with E-state index in [1.807, 2.05) is 0 Å². The van der Waals surface area contributed by atoms with Gasteiger partial charge in [-0.2, -0.15) is 0 Å². The zero-order valence-electron chi connectivity index (χ0n) is 14.9. The molecule has 136 valence electrons. The predicted molar refractivity (Wildman–Crippen MR) is 91.3 cm³/mol. The number of halogens is 1. The molecule has 1 saturated carbocycles. The van der Waals surface area contributed by atoms with Crippen LogP contribution in [0.4, 0.5) is 4.39 Å². The first kappa shape index (κ1) is 19.1. The quantitative estimate of drug-likeness (QED) is 0.772. The molecular formula is C18H35FN2O2. The van der Waals surface area contributed by atoms with E-state index in [0.29, 0.717) is 25.2 Å². The largest absolute Gasteiger partial charge is 0.400 e. The van der Waals surface area contributed by atoms with Crippen LogP contribution in [-0.4, -0.2) is 78.7 Å². The van der Waals surface area contributed by atoms with Crippen LogP contribution in [0.2, 0.25) is 0 Å². The lowest BCUT2D eigenvalue weighted by Gasteiger charge is -2.44. The maximum atomic E-state index is 12.6. The fourth-order valence-electron chi connectivity index (χ4n) is 5.23. The smallest absolute Gasteiger partial charge is 0.114 e. The average Bonchev–Trinajstić information content (AvgIpc) is 3.25. The Labute approximate surface area is 140 Å². The Morgan fingerprint density at radius 3 is 2.48 bits per heavy atom. The summed E-state index contributed by atoms with van der Waals surface area (Å²) in [6, 6.07) is 1.29. The SMILES string of the molecule is CN1CCCC2(CO)CCCC12.CO.FC1CC2CCCN2C1. The molecule has 3 aliphatic heterocycles. The first-order valence-corrected chi connectivity index (χ1v) is 9.28. The molecule has 0 amide bonds. The molecule has 23 heavy (non-hydrogen) atoms. The van der Waals surface area contributed by atoms with E-state index in [0.717, 1.165) is 20.1 Å². The van der Waals surface area contributed by atoms with Crippen LogP contribution in [-0.2, 0) is 0 Å². The second-order valence-electron chi connectivity index (χ2n) is 7.64. The fourth-order valence-corrected chi connectivity index (χ4v) is 5.23. The van der Waals surface area contributed by atoms with Gasteiger partial charge in [-0.15, -0.1) is 0 Å². The van der Waals surface area contributed by atoms with E-state index in [-0.39, 0.29) is 5.41 Å². The Hall–Kier alpha value is -0.230. The first-order chi connectivity index (χ1) is 11.1. The second-order valence-corrected chi connectivity index (χ2v) is 7.64. The normalized spacial score (nSPS) is 39.8. The maximum Gasteiger partial charge on any atom is 0.114 e. The van der Waals surface area contributed by atoms with E-state index in [2.05, 4.69) is 16.8 Å². The topological polar surface area (TPSA) is 46.9 Å². The van der Waals surface area contributed by atoms with Crippen LogP contribution >= 0.6 is 0 Å². The third-order valence-electron chi connectivity index (χ3n) is 6.35. The molecular weight excluding hydrogens is 295 g/mol. The molecule has 5 heteroatoms. The number of piperidine rings is 1. The Balaban J connectivity index is 0.000000155. The van der Waals surface area contributed by atoms with E-state index >= 15 is 0 Å². The number of fused-ring (bicyclic) bond motifs is 2. The summed E-state index contributed by atoms with van der Waals surface area (Å²) in [7, 11) is 3.21. The summed E-state index contributed by atoms with van der Waals surface area (Å²) in [4.78, 5) is 4.73. The number of hydrogen-bond acceptors (Lipinski definition) is 4. The lowest BCUT2D eigenvalue weighted by atomic mass is 9.76. The van der Waals surface area contributed by atoms with Gasteiger partial charge in [-0.05, 0) is 65.1 Å². The van der Waals surface area contributed by atoms with Crippen LogP contribution in [0.5, 0.6) is 0 Å². The highest BCUT2D eigenvalue weighted by Gasteiger charge is 2.45. The second kappa shape index (κ2) is 8.75. The molecule has 4 nitrogen and oxygen atoms in total. The summed E-state index contributed by atoms with van der Waals surface area (Å²) in [5.74, 6) is 0. The Morgan fingerprint density at radius 2 is 1.83 bits per heavy atom. The molecule has 0 aromatic heterocycles. The first-order valence-electron chi connectivity index (χ1n) is 9.28. The number of aliphatic hydroxyl groups is 2. The standard InChI is InChI=1S/C10H19NO.C7H12FN.CH4O/c1-11-7-3-6-10(8-12)5-2-4-9(10)11;8-6-4-7-2-1-3-9(7)5-6;1-2/h9,12H,2-8H2,1H3;6-7H,1-5H2;2H,1H3.